The monoisotopic (exact) mass is 319 g/mol. The van der Waals surface area contributed by atoms with E-state index in [4.69, 9.17) is 5.11 Å². The van der Waals surface area contributed by atoms with Crippen LogP contribution in [-0.2, 0) is 13.0 Å². The van der Waals surface area contributed by atoms with Gasteiger partial charge in [0, 0.05) is 12.6 Å². The fraction of sp³-hybridized carbons (Fsp3) is 0.333. The highest BCUT2D eigenvalue weighted by atomic mass is 35.5. The largest absolute Gasteiger partial charge is 0.392 e. The number of rotatable bonds is 4. The second-order valence-electron chi connectivity index (χ2n) is 5.75. The SMILES string of the molecule is Cl.OCc1ccc(-c2ccc(CC3CC(O)CN3)cc2)cc1. The molecule has 4 heteroatoms. The molecule has 2 unspecified atom stereocenters. The van der Waals surface area contributed by atoms with E-state index < -0.39 is 0 Å². The summed E-state index contributed by atoms with van der Waals surface area (Å²) in [4.78, 5) is 0. The first-order chi connectivity index (χ1) is 10.2. The highest BCUT2D eigenvalue weighted by molar-refractivity contribution is 5.85. The van der Waals surface area contributed by atoms with E-state index >= 15 is 0 Å². The summed E-state index contributed by atoms with van der Waals surface area (Å²) < 4.78 is 0. The van der Waals surface area contributed by atoms with Crippen LogP contribution in [0.25, 0.3) is 11.1 Å². The van der Waals surface area contributed by atoms with Crippen molar-refractivity contribution in [2.45, 2.75) is 31.6 Å². The van der Waals surface area contributed by atoms with E-state index in [1.54, 1.807) is 0 Å². The van der Waals surface area contributed by atoms with Crippen LogP contribution in [0, 0.1) is 0 Å². The molecule has 2 aromatic rings. The van der Waals surface area contributed by atoms with E-state index in [2.05, 4.69) is 29.6 Å². The number of hydrogen-bond acceptors (Lipinski definition) is 3. The van der Waals surface area contributed by atoms with E-state index in [1.165, 1.54) is 11.1 Å². The van der Waals surface area contributed by atoms with Crippen LogP contribution < -0.4 is 5.32 Å². The van der Waals surface area contributed by atoms with Gasteiger partial charge in [0.05, 0.1) is 12.7 Å². The highest BCUT2D eigenvalue weighted by Crippen LogP contribution is 2.21. The first-order valence-corrected chi connectivity index (χ1v) is 7.45. The minimum Gasteiger partial charge on any atom is -0.392 e. The van der Waals surface area contributed by atoms with Crippen LogP contribution in [-0.4, -0.2) is 28.9 Å². The van der Waals surface area contributed by atoms with E-state index in [9.17, 15) is 5.11 Å². The normalized spacial score (nSPS) is 20.6. The van der Waals surface area contributed by atoms with Crippen LogP contribution in [0.3, 0.4) is 0 Å². The average molecular weight is 320 g/mol. The van der Waals surface area contributed by atoms with Gasteiger partial charge in [0.15, 0.2) is 0 Å². The van der Waals surface area contributed by atoms with Crippen LogP contribution in [0.4, 0.5) is 0 Å². The van der Waals surface area contributed by atoms with Gasteiger partial charge in [-0.3, -0.25) is 0 Å². The summed E-state index contributed by atoms with van der Waals surface area (Å²) in [6, 6.07) is 16.9. The van der Waals surface area contributed by atoms with Crippen LogP contribution in [0.2, 0.25) is 0 Å². The Kier molecular flexibility index (Phi) is 5.98. The molecule has 1 heterocycles. The van der Waals surface area contributed by atoms with Crippen molar-refractivity contribution in [3.05, 3.63) is 59.7 Å². The Morgan fingerprint density at radius 3 is 1.91 bits per heavy atom. The van der Waals surface area contributed by atoms with E-state index in [-0.39, 0.29) is 25.1 Å². The van der Waals surface area contributed by atoms with Crippen molar-refractivity contribution in [2.75, 3.05) is 6.54 Å². The average Bonchev–Trinajstić information content (AvgIpc) is 2.93. The van der Waals surface area contributed by atoms with Gasteiger partial charge in [0.2, 0.25) is 0 Å². The van der Waals surface area contributed by atoms with E-state index in [0.29, 0.717) is 12.6 Å². The smallest absolute Gasteiger partial charge is 0.0681 e. The van der Waals surface area contributed by atoms with Crippen molar-refractivity contribution < 1.29 is 10.2 Å². The van der Waals surface area contributed by atoms with Crippen molar-refractivity contribution in [3.63, 3.8) is 0 Å². The molecule has 0 spiro atoms. The molecule has 1 aliphatic rings. The molecule has 2 aromatic carbocycles. The number of nitrogens with one attached hydrogen (secondary N) is 1. The molecular weight excluding hydrogens is 298 g/mol. The maximum absolute atomic E-state index is 9.53. The van der Waals surface area contributed by atoms with Crippen molar-refractivity contribution in [1.82, 2.24) is 5.32 Å². The predicted octanol–water partition coefficient (Wildman–Crippen LogP) is 2.53. The Morgan fingerprint density at radius 1 is 0.909 bits per heavy atom. The van der Waals surface area contributed by atoms with Gasteiger partial charge in [0.25, 0.3) is 0 Å². The molecule has 0 aliphatic carbocycles. The summed E-state index contributed by atoms with van der Waals surface area (Å²) in [5.74, 6) is 0. The van der Waals surface area contributed by atoms with Crippen LogP contribution in [0.5, 0.6) is 0 Å². The summed E-state index contributed by atoms with van der Waals surface area (Å²) in [5.41, 5.74) is 4.56. The number of halogens is 1. The van der Waals surface area contributed by atoms with Crippen LogP contribution >= 0.6 is 12.4 Å². The van der Waals surface area contributed by atoms with Crippen molar-refractivity contribution in [1.29, 1.82) is 0 Å². The molecule has 1 aliphatic heterocycles. The molecule has 3 nitrogen and oxygen atoms in total. The van der Waals surface area contributed by atoms with Gasteiger partial charge < -0.3 is 15.5 Å². The summed E-state index contributed by atoms with van der Waals surface area (Å²) in [6.45, 7) is 0.791. The quantitative estimate of drug-likeness (QED) is 0.811. The molecule has 0 aromatic heterocycles. The zero-order valence-electron chi connectivity index (χ0n) is 12.4. The minimum absolute atomic E-state index is 0. The lowest BCUT2D eigenvalue weighted by atomic mass is 9.99. The first kappa shape index (κ1) is 17.0. The van der Waals surface area contributed by atoms with Crippen molar-refractivity contribution >= 4 is 12.4 Å². The lowest BCUT2D eigenvalue weighted by Crippen LogP contribution is -2.23. The lowest BCUT2D eigenvalue weighted by molar-refractivity contribution is 0.193. The Morgan fingerprint density at radius 2 is 1.45 bits per heavy atom. The Balaban J connectivity index is 0.00000176. The maximum Gasteiger partial charge on any atom is 0.0681 e. The topological polar surface area (TPSA) is 52.5 Å². The summed E-state index contributed by atoms with van der Waals surface area (Å²) in [7, 11) is 0. The van der Waals surface area contributed by atoms with Crippen LogP contribution in [0.15, 0.2) is 48.5 Å². The first-order valence-electron chi connectivity index (χ1n) is 7.45. The number of hydrogen-bond donors (Lipinski definition) is 3. The molecule has 2 atom stereocenters. The number of aliphatic hydroxyl groups is 2. The number of benzene rings is 2. The van der Waals surface area contributed by atoms with Gasteiger partial charge >= 0.3 is 0 Å². The molecule has 0 bridgehead atoms. The Bertz CT molecular complexity index is 583. The summed E-state index contributed by atoms with van der Waals surface area (Å²) in [6.07, 6.45) is 1.60. The Labute approximate surface area is 137 Å². The molecule has 1 fully saturated rings. The van der Waals surface area contributed by atoms with Crippen molar-refractivity contribution in [2.24, 2.45) is 0 Å². The molecule has 3 rings (SSSR count). The third-order valence-corrected chi connectivity index (χ3v) is 4.10. The highest BCUT2D eigenvalue weighted by Gasteiger charge is 2.21. The van der Waals surface area contributed by atoms with Crippen LogP contribution in [0.1, 0.15) is 17.5 Å². The predicted molar refractivity (Wildman–Crippen MR) is 91.2 cm³/mol. The van der Waals surface area contributed by atoms with Gasteiger partial charge in [-0.05, 0) is 35.1 Å². The zero-order chi connectivity index (χ0) is 14.7. The molecule has 3 N–H and O–H groups in total. The standard InChI is InChI=1S/C18H21NO2.ClH/c20-12-14-3-7-16(8-4-14)15-5-1-13(2-6-15)9-17-10-18(21)11-19-17;/h1-8,17-21H,9-12H2;1H. The second-order valence-corrected chi connectivity index (χ2v) is 5.75. The second kappa shape index (κ2) is 7.75. The fourth-order valence-electron chi connectivity index (χ4n) is 2.87. The zero-order valence-corrected chi connectivity index (χ0v) is 13.2. The molecule has 0 saturated carbocycles. The molecule has 1 saturated heterocycles. The maximum atomic E-state index is 9.53. The number of β-amino-alcohol motifs (C(OH)–C–C–N with tert-alkyl or cyclic N) is 1. The number of aliphatic hydroxyl groups excluding tert-OH is 2. The van der Waals surface area contributed by atoms with Gasteiger partial charge in [0.1, 0.15) is 0 Å². The third-order valence-electron chi connectivity index (χ3n) is 4.10. The van der Waals surface area contributed by atoms with E-state index in [0.717, 1.165) is 24.0 Å². The molecule has 118 valence electrons. The summed E-state index contributed by atoms with van der Waals surface area (Å²) >= 11 is 0. The summed E-state index contributed by atoms with van der Waals surface area (Å²) in [5, 5.41) is 21.9. The minimum atomic E-state index is -0.195. The lowest BCUT2D eigenvalue weighted by Gasteiger charge is -2.10. The van der Waals surface area contributed by atoms with Gasteiger partial charge in [-0.25, -0.2) is 0 Å². The Hall–Kier alpha value is -1.39. The molecule has 0 radical (unpaired) electrons. The fourth-order valence-corrected chi connectivity index (χ4v) is 2.87. The molecule has 22 heavy (non-hydrogen) atoms. The molecular formula is C18H22ClNO2. The van der Waals surface area contributed by atoms with Crippen molar-refractivity contribution in [3.8, 4) is 11.1 Å². The van der Waals surface area contributed by atoms with Gasteiger partial charge in [-0.15, -0.1) is 12.4 Å². The van der Waals surface area contributed by atoms with E-state index in [1.807, 2.05) is 24.3 Å². The van der Waals surface area contributed by atoms with Gasteiger partial charge in [-0.2, -0.15) is 0 Å². The third kappa shape index (κ3) is 4.08. The van der Waals surface area contributed by atoms with Gasteiger partial charge in [-0.1, -0.05) is 48.5 Å². The molecule has 0 amide bonds.